The number of thioether (sulfide) groups is 1. The van der Waals surface area contributed by atoms with Gasteiger partial charge in [0.1, 0.15) is 18.4 Å². The summed E-state index contributed by atoms with van der Waals surface area (Å²) in [5.74, 6) is 0.441. The number of benzene rings is 2. The summed E-state index contributed by atoms with van der Waals surface area (Å²) in [6.45, 7) is 3.77. The molecular weight excluding hydrogens is 386 g/mol. The fourth-order valence-electron chi connectivity index (χ4n) is 2.60. The molecule has 1 amide bonds. The van der Waals surface area contributed by atoms with Crippen molar-refractivity contribution in [2.24, 2.45) is 0 Å². The van der Waals surface area contributed by atoms with Crippen molar-refractivity contribution in [1.29, 1.82) is 0 Å². The van der Waals surface area contributed by atoms with Gasteiger partial charge < -0.3 is 15.2 Å². The maximum Gasteiger partial charge on any atom is 0.327 e. The minimum atomic E-state index is -1.02. The molecule has 0 spiro atoms. The quantitative estimate of drug-likeness (QED) is 0.431. The molecule has 0 unspecified atom stereocenters. The molecule has 0 saturated heterocycles. The Morgan fingerprint density at radius 1 is 1.07 bits per heavy atom. The van der Waals surface area contributed by atoms with Crippen LogP contribution in [-0.4, -0.2) is 41.1 Å². The van der Waals surface area contributed by atoms with Crippen LogP contribution >= 0.6 is 11.8 Å². The summed E-state index contributed by atoms with van der Waals surface area (Å²) in [6.07, 6.45) is 2.91. The fourth-order valence-corrected chi connectivity index (χ4v) is 3.60. The van der Waals surface area contributed by atoms with Crippen LogP contribution < -0.4 is 10.1 Å². The molecule has 0 fully saturated rings. The van der Waals surface area contributed by atoms with Crippen LogP contribution in [-0.2, 0) is 16.0 Å². The van der Waals surface area contributed by atoms with Gasteiger partial charge in [0.25, 0.3) is 0 Å². The van der Waals surface area contributed by atoms with Crippen LogP contribution in [0.1, 0.15) is 25.0 Å². The first kappa shape index (κ1) is 22.6. The molecule has 0 bridgehead atoms. The highest BCUT2D eigenvalue weighted by atomic mass is 32.2. The van der Waals surface area contributed by atoms with Crippen LogP contribution in [0.15, 0.2) is 66.2 Å². The van der Waals surface area contributed by atoms with Crippen LogP contribution in [0.25, 0.3) is 0 Å². The Bertz CT molecular complexity index is 819. The van der Waals surface area contributed by atoms with E-state index in [0.717, 1.165) is 17.7 Å². The molecule has 154 valence electrons. The molecule has 2 N–H and O–H groups in total. The minimum absolute atomic E-state index is 0.322. The van der Waals surface area contributed by atoms with Crippen LogP contribution in [0.3, 0.4) is 0 Å². The zero-order chi connectivity index (χ0) is 21.1. The molecule has 5 nitrogen and oxygen atoms in total. The van der Waals surface area contributed by atoms with Crippen LogP contribution in [0.5, 0.6) is 5.75 Å². The number of ether oxygens (including phenoxy) is 1. The van der Waals surface area contributed by atoms with Crippen molar-refractivity contribution in [2.45, 2.75) is 26.3 Å². The molecule has 2 aromatic carbocycles. The van der Waals surface area contributed by atoms with Crippen molar-refractivity contribution in [1.82, 2.24) is 5.32 Å². The van der Waals surface area contributed by atoms with Crippen LogP contribution in [0.4, 0.5) is 0 Å². The molecule has 0 saturated carbocycles. The molecule has 0 aromatic heterocycles. The lowest BCUT2D eigenvalue weighted by atomic mass is 10.1. The standard InChI is InChI=1S/C23H27NO4S/c1-17(12-13-29-16-22(23(26)27)24-18(2)25)15-28-21-10-8-20(9-11-21)14-19-6-4-3-5-7-19/h3-12,22H,13-16H2,1-2H3,(H,24,25)(H,26,27)/b17-12+/t22-/m0/s1. The molecule has 0 aliphatic carbocycles. The van der Waals surface area contributed by atoms with Crippen molar-refractivity contribution < 1.29 is 19.4 Å². The number of nitrogens with one attached hydrogen (secondary N) is 1. The first-order valence-electron chi connectivity index (χ1n) is 9.43. The van der Waals surface area contributed by atoms with Gasteiger partial charge in [-0.15, -0.1) is 0 Å². The third-order valence-corrected chi connectivity index (χ3v) is 5.12. The average Bonchev–Trinajstić information content (AvgIpc) is 2.70. The molecule has 29 heavy (non-hydrogen) atoms. The largest absolute Gasteiger partial charge is 0.489 e. The molecule has 0 radical (unpaired) electrons. The minimum Gasteiger partial charge on any atom is -0.489 e. The van der Waals surface area contributed by atoms with E-state index >= 15 is 0 Å². The number of carboxylic acids is 1. The summed E-state index contributed by atoms with van der Waals surface area (Å²) in [7, 11) is 0. The van der Waals surface area contributed by atoms with Gasteiger partial charge in [-0.05, 0) is 42.2 Å². The van der Waals surface area contributed by atoms with Crippen molar-refractivity contribution in [2.75, 3.05) is 18.1 Å². The van der Waals surface area contributed by atoms with E-state index in [2.05, 4.69) is 29.6 Å². The Morgan fingerprint density at radius 2 is 1.72 bits per heavy atom. The zero-order valence-electron chi connectivity index (χ0n) is 16.8. The highest BCUT2D eigenvalue weighted by Crippen LogP contribution is 2.16. The molecule has 2 aromatic rings. The number of rotatable bonds is 11. The van der Waals surface area contributed by atoms with Crippen molar-refractivity contribution in [3.8, 4) is 5.75 Å². The van der Waals surface area contributed by atoms with E-state index in [9.17, 15) is 9.59 Å². The van der Waals surface area contributed by atoms with Crippen LogP contribution in [0, 0.1) is 0 Å². The monoisotopic (exact) mass is 413 g/mol. The van der Waals surface area contributed by atoms with Gasteiger partial charge in [0, 0.05) is 18.4 Å². The summed E-state index contributed by atoms with van der Waals surface area (Å²) in [6, 6.07) is 17.6. The molecule has 6 heteroatoms. The van der Waals surface area contributed by atoms with Crippen molar-refractivity contribution in [3.63, 3.8) is 0 Å². The van der Waals surface area contributed by atoms with E-state index in [1.165, 1.54) is 29.8 Å². The van der Waals surface area contributed by atoms with Gasteiger partial charge in [-0.25, -0.2) is 4.79 Å². The fraction of sp³-hybridized carbons (Fsp3) is 0.304. The second-order valence-corrected chi connectivity index (χ2v) is 7.85. The van der Waals surface area contributed by atoms with Gasteiger partial charge in [-0.3, -0.25) is 4.79 Å². The topological polar surface area (TPSA) is 75.6 Å². The smallest absolute Gasteiger partial charge is 0.327 e. The van der Waals surface area contributed by atoms with Crippen molar-refractivity contribution >= 4 is 23.6 Å². The lowest BCUT2D eigenvalue weighted by molar-refractivity contribution is -0.140. The van der Waals surface area contributed by atoms with E-state index in [4.69, 9.17) is 9.84 Å². The second-order valence-electron chi connectivity index (χ2n) is 6.77. The lowest BCUT2D eigenvalue weighted by Crippen LogP contribution is -2.41. The number of hydrogen-bond acceptors (Lipinski definition) is 4. The summed E-state index contributed by atoms with van der Waals surface area (Å²) >= 11 is 1.46. The summed E-state index contributed by atoms with van der Waals surface area (Å²) in [4.78, 5) is 22.1. The number of hydrogen-bond donors (Lipinski definition) is 2. The predicted molar refractivity (Wildman–Crippen MR) is 118 cm³/mol. The van der Waals surface area contributed by atoms with E-state index in [1.807, 2.05) is 43.3 Å². The number of carbonyl (C=O) groups excluding carboxylic acids is 1. The highest BCUT2D eigenvalue weighted by molar-refractivity contribution is 7.99. The number of aliphatic carboxylic acids is 1. The predicted octanol–water partition coefficient (Wildman–Crippen LogP) is 3.93. The van der Waals surface area contributed by atoms with Gasteiger partial charge in [0.2, 0.25) is 5.91 Å². The Morgan fingerprint density at radius 3 is 2.34 bits per heavy atom. The maximum absolute atomic E-state index is 11.1. The molecule has 2 rings (SSSR count). The Hall–Kier alpha value is -2.73. The second kappa shape index (κ2) is 12.0. The molecular formula is C23H27NO4S. The van der Waals surface area contributed by atoms with Crippen molar-refractivity contribution in [3.05, 3.63) is 77.4 Å². The Kier molecular flexibility index (Phi) is 9.31. The van der Waals surface area contributed by atoms with E-state index in [1.54, 1.807) is 0 Å². The van der Waals surface area contributed by atoms with Crippen LogP contribution in [0.2, 0.25) is 0 Å². The molecule has 0 aliphatic rings. The first-order valence-corrected chi connectivity index (χ1v) is 10.6. The summed E-state index contributed by atoms with van der Waals surface area (Å²) in [5, 5.41) is 11.5. The summed E-state index contributed by atoms with van der Waals surface area (Å²) < 4.78 is 5.81. The SMILES string of the molecule is CC(=O)N[C@@H](CSC/C=C(\C)COc1ccc(Cc2ccccc2)cc1)C(=O)O. The van der Waals surface area contributed by atoms with Gasteiger partial charge >= 0.3 is 5.97 Å². The Balaban J connectivity index is 1.73. The third kappa shape index (κ3) is 8.87. The number of carboxylic acid groups (broad SMARTS) is 1. The molecule has 0 aliphatic heterocycles. The van der Waals surface area contributed by atoms with E-state index < -0.39 is 12.0 Å². The van der Waals surface area contributed by atoms with Gasteiger partial charge in [0.15, 0.2) is 0 Å². The first-order chi connectivity index (χ1) is 13.9. The van der Waals surface area contributed by atoms with E-state index in [0.29, 0.717) is 18.1 Å². The third-order valence-electron chi connectivity index (χ3n) is 4.15. The van der Waals surface area contributed by atoms with Gasteiger partial charge in [-0.2, -0.15) is 11.8 Å². The normalized spacial score (nSPS) is 12.3. The number of carbonyl (C=O) groups is 2. The zero-order valence-corrected chi connectivity index (χ0v) is 17.6. The van der Waals surface area contributed by atoms with Gasteiger partial charge in [0.05, 0.1) is 0 Å². The summed E-state index contributed by atoms with van der Waals surface area (Å²) in [5.41, 5.74) is 3.58. The highest BCUT2D eigenvalue weighted by Gasteiger charge is 2.17. The van der Waals surface area contributed by atoms with Gasteiger partial charge in [-0.1, -0.05) is 48.5 Å². The average molecular weight is 414 g/mol. The Labute approximate surface area is 176 Å². The molecule has 0 heterocycles. The number of amides is 1. The molecule has 1 atom stereocenters. The lowest BCUT2D eigenvalue weighted by Gasteiger charge is -2.12. The maximum atomic E-state index is 11.1. The van der Waals surface area contributed by atoms with E-state index in [-0.39, 0.29) is 5.91 Å².